The van der Waals surface area contributed by atoms with Crippen LogP contribution in [0.25, 0.3) is 0 Å². The van der Waals surface area contributed by atoms with Crippen LogP contribution in [-0.4, -0.2) is 19.9 Å². The molecular formula is C27H27N3O. The maximum Gasteiger partial charge on any atom is 0.163 e. The number of hydrogen-bond donors (Lipinski definition) is 2. The van der Waals surface area contributed by atoms with Crippen molar-refractivity contribution >= 4 is 22.8 Å². The lowest BCUT2D eigenvalue weighted by molar-refractivity contribution is -0.116. The van der Waals surface area contributed by atoms with Gasteiger partial charge in [-0.15, -0.1) is 0 Å². The molecule has 1 aliphatic heterocycles. The van der Waals surface area contributed by atoms with Gasteiger partial charge < -0.3 is 15.5 Å². The van der Waals surface area contributed by atoms with Gasteiger partial charge >= 0.3 is 0 Å². The minimum atomic E-state index is -0.156. The fourth-order valence-corrected chi connectivity index (χ4v) is 4.67. The molecular weight excluding hydrogens is 382 g/mol. The van der Waals surface area contributed by atoms with Crippen molar-refractivity contribution < 1.29 is 4.79 Å². The Hall–Kier alpha value is -3.53. The zero-order chi connectivity index (χ0) is 21.4. The summed E-state index contributed by atoms with van der Waals surface area (Å²) in [4.78, 5) is 15.6. The van der Waals surface area contributed by atoms with Crippen LogP contribution in [-0.2, 0) is 4.79 Å². The molecule has 4 nitrogen and oxygen atoms in total. The number of fused-ring (bicyclic) bond motifs is 1. The molecule has 4 heteroatoms. The van der Waals surface area contributed by atoms with Gasteiger partial charge in [0.25, 0.3) is 0 Å². The highest BCUT2D eigenvalue weighted by molar-refractivity contribution is 6.01. The first kappa shape index (κ1) is 19.4. The lowest BCUT2D eigenvalue weighted by Crippen LogP contribution is -2.26. The van der Waals surface area contributed by atoms with Crippen molar-refractivity contribution in [3.63, 3.8) is 0 Å². The third-order valence-electron chi connectivity index (χ3n) is 6.32. The molecule has 0 bridgehead atoms. The summed E-state index contributed by atoms with van der Waals surface area (Å²) in [6, 6.07) is 26.9. The quantitative estimate of drug-likeness (QED) is 0.580. The Morgan fingerprint density at radius 1 is 0.774 bits per heavy atom. The number of rotatable bonds is 3. The van der Waals surface area contributed by atoms with E-state index in [1.807, 2.05) is 44.4 Å². The van der Waals surface area contributed by atoms with E-state index in [1.54, 1.807) is 0 Å². The average Bonchev–Trinajstić information content (AvgIpc) is 2.96. The maximum absolute atomic E-state index is 13.5. The highest BCUT2D eigenvalue weighted by Gasteiger charge is 2.35. The highest BCUT2D eigenvalue weighted by atomic mass is 16.1. The molecule has 0 unspecified atom stereocenters. The van der Waals surface area contributed by atoms with Crippen molar-refractivity contribution in [2.24, 2.45) is 0 Å². The van der Waals surface area contributed by atoms with Crippen LogP contribution in [0, 0.1) is 0 Å². The summed E-state index contributed by atoms with van der Waals surface area (Å²) in [5, 5.41) is 7.24. The molecule has 0 aromatic heterocycles. The highest BCUT2D eigenvalue weighted by Crippen LogP contribution is 2.44. The summed E-state index contributed by atoms with van der Waals surface area (Å²) in [6.07, 6.45) is 1.35. The Bertz CT molecular complexity index is 1130. The maximum atomic E-state index is 13.5. The molecule has 31 heavy (non-hydrogen) atoms. The molecule has 2 atom stereocenters. The number of benzene rings is 3. The molecule has 0 fully saturated rings. The molecule has 3 aromatic rings. The minimum Gasteiger partial charge on any atom is -0.378 e. The third kappa shape index (κ3) is 3.70. The van der Waals surface area contributed by atoms with Crippen LogP contribution in [0.2, 0.25) is 0 Å². The number of carbonyl (C=O) groups excluding carboxylic acids is 1. The first-order valence-corrected chi connectivity index (χ1v) is 10.8. The number of Topliss-reactive ketones (excluding diaryl/α,β-unsaturated/α-hetero) is 1. The van der Waals surface area contributed by atoms with Gasteiger partial charge in [-0.25, -0.2) is 0 Å². The van der Waals surface area contributed by atoms with E-state index in [1.165, 1.54) is 11.3 Å². The second-order valence-corrected chi connectivity index (χ2v) is 8.57. The van der Waals surface area contributed by atoms with Crippen molar-refractivity contribution in [2.75, 3.05) is 29.6 Å². The summed E-state index contributed by atoms with van der Waals surface area (Å²) < 4.78 is 0. The Balaban J connectivity index is 1.55. The van der Waals surface area contributed by atoms with Crippen LogP contribution < -0.4 is 15.5 Å². The van der Waals surface area contributed by atoms with Gasteiger partial charge in [-0.1, -0.05) is 54.6 Å². The molecule has 0 radical (unpaired) electrons. The summed E-state index contributed by atoms with van der Waals surface area (Å²) in [7, 11) is 4.08. The second-order valence-electron chi connectivity index (χ2n) is 8.57. The first-order valence-electron chi connectivity index (χ1n) is 10.8. The number of nitrogens with one attached hydrogen (secondary N) is 2. The predicted octanol–water partition coefficient (Wildman–Crippen LogP) is 5.73. The normalized spacial score (nSPS) is 20.1. The topological polar surface area (TPSA) is 44.4 Å². The SMILES string of the molecule is CN(C)c1ccc([C@H]2CC(=O)C3=C(C2)Nc2ccccc2N[C@H]3c2ccccc2)cc1. The summed E-state index contributed by atoms with van der Waals surface area (Å²) in [6.45, 7) is 0. The fraction of sp³-hybridized carbons (Fsp3) is 0.222. The third-order valence-corrected chi connectivity index (χ3v) is 6.32. The van der Waals surface area contributed by atoms with E-state index < -0.39 is 0 Å². The lowest BCUT2D eigenvalue weighted by Gasteiger charge is -2.30. The van der Waals surface area contributed by atoms with Crippen molar-refractivity contribution in [3.05, 3.63) is 101 Å². The van der Waals surface area contributed by atoms with E-state index in [0.29, 0.717) is 6.42 Å². The van der Waals surface area contributed by atoms with Gasteiger partial charge in [0.05, 0.1) is 17.4 Å². The number of para-hydroxylation sites is 2. The summed E-state index contributed by atoms with van der Waals surface area (Å²) >= 11 is 0. The van der Waals surface area contributed by atoms with Crippen LogP contribution in [0.1, 0.15) is 35.9 Å². The van der Waals surface area contributed by atoms with Gasteiger partial charge in [-0.2, -0.15) is 0 Å². The smallest absolute Gasteiger partial charge is 0.163 e. The van der Waals surface area contributed by atoms with E-state index in [4.69, 9.17) is 0 Å². The van der Waals surface area contributed by atoms with E-state index in [0.717, 1.165) is 34.6 Å². The van der Waals surface area contributed by atoms with Crippen LogP contribution in [0.3, 0.4) is 0 Å². The minimum absolute atomic E-state index is 0.156. The molecule has 5 rings (SSSR count). The number of hydrogen-bond acceptors (Lipinski definition) is 4. The zero-order valence-electron chi connectivity index (χ0n) is 17.9. The van der Waals surface area contributed by atoms with Gasteiger partial charge in [-0.3, -0.25) is 4.79 Å². The zero-order valence-corrected chi connectivity index (χ0v) is 17.9. The summed E-state index contributed by atoms with van der Waals surface area (Å²) in [5.41, 5.74) is 7.42. The van der Waals surface area contributed by atoms with Crippen LogP contribution in [0.15, 0.2) is 90.1 Å². The van der Waals surface area contributed by atoms with Crippen LogP contribution in [0.5, 0.6) is 0 Å². The molecule has 0 saturated carbocycles. The Kier molecular flexibility index (Phi) is 4.99. The van der Waals surface area contributed by atoms with E-state index in [2.05, 4.69) is 64.1 Å². The van der Waals surface area contributed by atoms with Crippen molar-refractivity contribution in [2.45, 2.75) is 24.8 Å². The van der Waals surface area contributed by atoms with Crippen molar-refractivity contribution in [1.82, 2.24) is 0 Å². The number of nitrogens with zero attached hydrogens (tertiary/aromatic N) is 1. The van der Waals surface area contributed by atoms with Gasteiger partial charge in [0.1, 0.15) is 0 Å². The lowest BCUT2D eigenvalue weighted by atomic mass is 9.78. The standard InChI is InChI=1S/C27H27N3O/c1-30(2)21-14-12-18(13-15-21)20-16-24-26(25(31)17-20)27(19-8-4-3-5-9-19)29-23-11-7-6-10-22(23)28-24/h3-15,20,27-29H,16-17H2,1-2H3/t20-,27+/m1/s1. The van der Waals surface area contributed by atoms with Gasteiger partial charge in [0.15, 0.2) is 5.78 Å². The van der Waals surface area contributed by atoms with Crippen molar-refractivity contribution in [1.29, 1.82) is 0 Å². The van der Waals surface area contributed by atoms with E-state index >= 15 is 0 Å². The molecule has 2 aliphatic rings. The Morgan fingerprint density at radius 3 is 2.16 bits per heavy atom. The number of anilines is 3. The molecule has 0 spiro atoms. The monoisotopic (exact) mass is 409 g/mol. The van der Waals surface area contributed by atoms with Gasteiger partial charge in [-0.05, 0) is 47.7 Å². The average molecular weight is 410 g/mol. The van der Waals surface area contributed by atoms with Crippen molar-refractivity contribution in [3.8, 4) is 0 Å². The van der Waals surface area contributed by atoms with Gasteiger partial charge in [0.2, 0.25) is 0 Å². The second kappa shape index (κ2) is 7.95. The summed E-state index contributed by atoms with van der Waals surface area (Å²) in [5.74, 6) is 0.390. The van der Waals surface area contributed by atoms with Gasteiger partial charge in [0, 0.05) is 37.5 Å². The molecule has 2 N–H and O–H groups in total. The largest absolute Gasteiger partial charge is 0.378 e. The molecule has 0 saturated heterocycles. The Labute approximate surface area is 183 Å². The van der Waals surface area contributed by atoms with E-state index in [9.17, 15) is 4.79 Å². The number of carbonyl (C=O) groups is 1. The van der Waals surface area contributed by atoms with E-state index in [-0.39, 0.29) is 17.7 Å². The Morgan fingerprint density at radius 2 is 1.45 bits per heavy atom. The molecule has 1 aliphatic carbocycles. The number of ketones is 1. The van der Waals surface area contributed by atoms with Crippen LogP contribution >= 0.6 is 0 Å². The number of allylic oxidation sites excluding steroid dienone is 1. The predicted molar refractivity (Wildman–Crippen MR) is 128 cm³/mol. The molecule has 156 valence electrons. The first-order chi connectivity index (χ1) is 15.1. The molecule has 1 heterocycles. The molecule has 0 amide bonds. The molecule has 3 aromatic carbocycles. The fourth-order valence-electron chi connectivity index (χ4n) is 4.67. The van der Waals surface area contributed by atoms with Crippen LogP contribution in [0.4, 0.5) is 17.1 Å².